The first kappa shape index (κ1) is 13.6. The number of nitrogens with two attached hydrogens (primary N) is 1. The highest BCUT2D eigenvalue weighted by atomic mass is 14.7. The van der Waals surface area contributed by atoms with Crippen LogP contribution in [0.25, 0.3) is 0 Å². The van der Waals surface area contributed by atoms with Crippen LogP contribution in [0.5, 0.6) is 0 Å². The van der Waals surface area contributed by atoms with E-state index in [0.717, 1.165) is 5.92 Å². The molecule has 0 spiro atoms. The molecule has 1 nitrogen and oxygen atoms in total. The van der Waals surface area contributed by atoms with Crippen LogP contribution >= 0.6 is 0 Å². The second-order valence-electron chi connectivity index (χ2n) is 6.71. The lowest BCUT2D eigenvalue weighted by Gasteiger charge is -2.39. The molecule has 1 aromatic carbocycles. The van der Waals surface area contributed by atoms with Crippen molar-refractivity contribution in [3.63, 3.8) is 0 Å². The van der Waals surface area contributed by atoms with Gasteiger partial charge in [-0.2, -0.15) is 0 Å². The Balaban J connectivity index is 1.79. The van der Waals surface area contributed by atoms with Gasteiger partial charge >= 0.3 is 0 Å². The maximum absolute atomic E-state index is 6.28. The van der Waals surface area contributed by atoms with E-state index in [9.17, 15) is 0 Å². The van der Waals surface area contributed by atoms with Crippen molar-refractivity contribution < 1.29 is 0 Å². The minimum absolute atomic E-state index is 0.439. The van der Waals surface area contributed by atoms with Crippen molar-refractivity contribution in [2.45, 2.75) is 58.4 Å². The minimum Gasteiger partial charge on any atom is -0.327 e. The van der Waals surface area contributed by atoms with E-state index in [1.54, 1.807) is 0 Å². The fraction of sp³-hybridized carbons (Fsp3) is 0.647. The Morgan fingerprint density at radius 1 is 1.22 bits per heavy atom. The quantitative estimate of drug-likeness (QED) is 0.846. The van der Waals surface area contributed by atoms with Crippen LogP contribution in [0.4, 0.5) is 0 Å². The minimum atomic E-state index is 0.439. The predicted molar refractivity (Wildman–Crippen MR) is 78.5 cm³/mol. The zero-order valence-corrected chi connectivity index (χ0v) is 11.9. The molecule has 0 aliphatic heterocycles. The maximum atomic E-state index is 6.28. The molecule has 0 heterocycles. The maximum Gasteiger partial charge on any atom is 0.00675 e. The Labute approximate surface area is 112 Å². The largest absolute Gasteiger partial charge is 0.327 e. The van der Waals surface area contributed by atoms with Gasteiger partial charge in [-0.15, -0.1) is 0 Å². The van der Waals surface area contributed by atoms with Crippen LogP contribution in [0.1, 0.15) is 51.5 Å². The molecule has 0 aromatic heterocycles. The predicted octanol–water partition coefficient (Wildman–Crippen LogP) is 4.16. The van der Waals surface area contributed by atoms with E-state index < -0.39 is 0 Å². The summed E-state index contributed by atoms with van der Waals surface area (Å²) in [6.07, 6.45) is 7.58. The molecular formula is C17H27N. The normalized spacial score (nSPS) is 27.1. The number of hydrogen-bond donors (Lipinski definition) is 1. The van der Waals surface area contributed by atoms with Gasteiger partial charge in [0.2, 0.25) is 0 Å². The van der Waals surface area contributed by atoms with Crippen molar-refractivity contribution in [2.24, 2.45) is 17.1 Å². The van der Waals surface area contributed by atoms with Gasteiger partial charge in [0.1, 0.15) is 0 Å². The zero-order chi connectivity index (χ0) is 13.0. The Hall–Kier alpha value is -0.820. The van der Waals surface area contributed by atoms with Crippen LogP contribution in [0, 0.1) is 11.3 Å². The van der Waals surface area contributed by atoms with Gasteiger partial charge in [-0.25, -0.2) is 0 Å². The van der Waals surface area contributed by atoms with E-state index in [2.05, 4.69) is 44.2 Å². The second-order valence-corrected chi connectivity index (χ2v) is 6.71. The third-order valence-electron chi connectivity index (χ3n) is 4.46. The van der Waals surface area contributed by atoms with Crippen LogP contribution in [0.3, 0.4) is 0 Å². The summed E-state index contributed by atoms with van der Waals surface area (Å²) < 4.78 is 0. The van der Waals surface area contributed by atoms with Crippen molar-refractivity contribution in [3.05, 3.63) is 35.9 Å². The van der Waals surface area contributed by atoms with E-state index in [1.165, 1.54) is 44.1 Å². The van der Waals surface area contributed by atoms with Gasteiger partial charge in [0.25, 0.3) is 0 Å². The molecule has 1 aliphatic rings. The van der Waals surface area contributed by atoms with Crippen molar-refractivity contribution >= 4 is 0 Å². The molecule has 1 saturated carbocycles. The summed E-state index contributed by atoms with van der Waals surface area (Å²) in [5, 5.41) is 0. The summed E-state index contributed by atoms with van der Waals surface area (Å²) in [7, 11) is 0. The lowest BCUT2D eigenvalue weighted by Crippen LogP contribution is -2.39. The Kier molecular flexibility index (Phi) is 4.45. The Morgan fingerprint density at radius 3 is 2.67 bits per heavy atom. The Bertz CT molecular complexity index is 355. The average Bonchev–Trinajstić information content (AvgIpc) is 2.35. The number of rotatable bonds is 4. The highest BCUT2D eigenvalue weighted by Gasteiger charge is 2.32. The number of hydrogen-bond acceptors (Lipinski definition) is 1. The van der Waals surface area contributed by atoms with E-state index in [0.29, 0.717) is 11.5 Å². The molecule has 0 amide bonds. The molecule has 2 N–H and O–H groups in total. The van der Waals surface area contributed by atoms with Gasteiger partial charge in [0.15, 0.2) is 0 Å². The summed E-state index contributed by atoms with van der Waals surface area (Å²) in [6.45, 7) is 4.78. The summed E-state index contributed by atoms with van der Waals surface area (Å²) in [4.78, 5) is 0. The molecular weight excluding hydrogens is 218 g/mol. The summed E-state index contributed by atoms with van der Waals surface area (Å²) in [6, 6.07) is 11.2. The molecule has 18 heavy (non-hydrogen) atoms. The summed E-state index contributed by atoms with van der Waals surface area (Å²) in [5.41, 5.74) is 8.25. The number of aryl methyl sites for hydroxylation is 1. The molecule has 0 saturated heterocycles. The van der Waals surface area contributed by atoms with E-state index in [1.807, 2.05) is 0 Å². The molecule has 100 valence electrons. The van der Waals surface area contributed by atoms with E-state index in [4.69, 9.17) is 5.73 Å². The lowest BCUT2D eigenvalue weighted by atomic mass is 9.69. The van der Waals surface area contributed by atoms with Crippen molar-refractivity contribution in [3.8, 4) is 0 Å². The van der Waals surface area contributed by atoms with Crippen LogP contribution in [0.15, 0.2) is 30.3 Å². The molecule has 2 unspecified atom stereocenters. The van der Waals surface area contributed by atoms with Crippen LogP contribution < -0.4 is 5.73 Å². The molecule has 1 aromatic rings. The average molecular weight is 245 g/mol. The topological polar surface area (TPSA) is 26.0 Å². The monoisotopic (exact) mass is 245 g/mol. The molecule has 2 rings (SSSR count). The summed E-state index contributed by atoms with van der Waals surface area (Å²) >= 11 is 0. The van der Waals surface area contributed by atoms with Gasteiger partial charge in [0.05, 0.1) is 0 Å². The zero-order valence-electron chi connectivity index (χ0n) is 11.9. The van der Waals surface area contributed by atoms with E-state index in [-0.39, 0.29) is 0 Å². The molecule has 0 radical (unpaired) electrons. The molecule has 1 aliphatic carbocycles. The van der Waals surface area contributed by atoms with Gasteiger partial charge < -0.3 is 5.73 Å². The highest BCUT2D eigenvalue weighted by molar-refractivity contribution is 5.14. The van der Waals surface area contributed by atoms with Crippen LogP contribution in [0.2, 0.25) is 0 Å². The van der Waals surface area contributed by atoms with Gasteiger partial charge in [-0.3, -0.25) is 0 Å². The van der Waals surface area contributed by atoms with Crippen molar-refractivity contribution in [2.75, 3.05) is 0 Å². The van der Waals surface area contributed by atoms with Crippen LogP contribution in [-0.2, 0) is 6.42 Å². The molecule has 1 heteroatoms. The van der Waals surface area contributed by atoms with E-state index >= 15 is 0 Å². The Morgan fingerprint density at radius 2 is 1.94 bits per heavy atom. The SMILES string of the molecule is CC1(C)CCC(N)C(CCCc2ccccc2)C1. The first-order valence-corrected chi connectivity index (χ1v) is 7.36. The third kappa shape index (κ3) is 3.84. The van der Waals surface area contributed by atoms with Gasteiger partial charge in [-0.1, -0.05) is 44.2 Å². The molecule has 1 fully saturated rings. The fourth-order valence-corrected chi connectivity index (χ4v) is 3.29. The standard InChI is InChI=1S/C17H27N/c1-17(2)12-11-16(18)15(13-17)10-6-9-14-7-4-3-5-8-14/h3-5,7-8,15-16H,6,9-13,18H2,1-2H3. The van der Waals surface area contributed by atoms with Gasteiger partial charge in [-0.05, 0) is 55.4 Å². The first-order valence-electron chi connectivity index (χ1n) is 7.36. The molecule has 0 bridgehead atoms. The lowest BCUT2D eigenvalue weighted by molar-refractivity contribution is 0.149. The molecule has 2 atom stereocenters. The first-order chi connectivity index (χ1) is 8.57. The second kappa shape index (κ2) is 5.88. The van der Waals surface area contributed by atoms with Crippen LogP contribution in [-0.4, -0.2) is 6.04 Å². The van der Waals surface area contributed by atoms with Gasteiger partial charge in [0, 0.05) is 6.04 Å². The fourth-order valence-electron chi connectivity index (χ4n) is 3.29. The third-order valence-corrected chi connectivity index (χ3v) is 4.46. The summed E-state index contributed by atoms with van der Waals surface area (Å²) in [5.74, 6) is 0.734. The van der Waals surface area contributed by atoms with Crippen molar-refractivity contribution in [1.29, 1.82) is 0 Å². The smallest absolute Gasteiger partial charge is 0.00675 e. The number of benzene rings is 1. The van der Waals surface area contributed by atoms with Crippen molar-refractivity contribution in [1.82, 2.24) is 0 Å². The highest BCUT2D eigenvalue weighted by Crippen LogP contribution is 2.39.